The minimum Gasteiger partial charge on any atom is -0.326 e. The average molecular weight is 295 g/mol. The molecule has 0 atom stereocenters. The van der Waals surface area contributed by atoms with Crippen molar-refractivity contribution in [2.75, 3.05) is 4.72 Å². The largest absolute Gasteiger partial charge is 0.326 e. The van der Waals surface area contributed by atoms with Crippen LogP contribution in [0.25, 0.3) is 0 Å². The first-order chi connectivity index (χ1) is 9.44. The number of halogens is 1. The van der Waals surface area contributed by atoms with Crippen LogP contribution in [-0.2, 0) is 16.6 Å². The van der Waals surface area contributed by atoms with Gasteiger partial charge in [0.2, 0.25) is 0 Å². The Morgan fingerprint density at radius 2 is 2.15 bits per heavy atom. The first kappa shape index (κ1) is 14.4. The molecule has 1 aromatic carbocycles. The highest BCUT2D eigenvalue weighted by molar-refractivity contribution is 7.92. The fourth-order valence-corrected chi connectivity index (χ4v) is 3.09. The molecule has 0 aliphatic rings. The molecule has 0 radical (unpaired) electrons. The molecule has 1 aromatic heterocycles. The van der Waals surface area contributed by atoms with Crippen LogP contribution in [-0.4, -0.2) is 13.4 Å². The third-order valence-electron chi connectivity index (χ3n) is 2.80. The molecule has 106 valence electrons. The smallest absolute Gasteiger partial charge is 0.262 e. The van der Waals surface area contributed by atoms with Crippen molar-refractivity contribution in [3.8, 4) is 0 Å². The zero-order chi connectivity index (χ0) is 14.8. The Bertz CT molecular complexity index is 718. The van der Waals surface area contributed by atoms with Crippen LogP contribution in [0.4, 0.5) is 10.1 Å². The molecule has 0 unspecified atom stereocenters. The molecule has 0 spiro atoms. The predicted octanol–water partition coefficient (Wildman–Crippen LogP) is 1.79. The molecule has 7 heteroatoms. The molecule has 1 heterocycles. The molecule has 0 bridgehead atoms. The lowest BCUT2D eigenvalue weighted by Gasteiger charge is -2.12. The average Bonchev–Trinajstić information content (AvgIpc) is 2.42. The summed E-state index contributed by atoms with van der Waals surface area (Å²) in [5.41, 5.74) is 6.22. The van der Waals surface area contributed by atoms with Crippen molar-refractivity contribution < 1.29 is 12.8 Å². The number of sulfonamides is 1. The van der Waals surface area contributed by atoms with Gasteiger partial charge in [-0.2, -0.15) is 0 Å². The molecule has 20 heavy (non-hydrogen) atoms. The molecule has 0 aliphatic heterocycles. The Morgan fingerprint density at radius 1 is 1.40 bits per heavy atom. The molecule has 2 aromatic rings. The summed E-state index contributed by atoms with van der Waals surface area (Å²) in [6, 6.07) is 5.76. The van der Waals surface area contributed by atoms with Gasteiger partial charge in [-0.25, -0.2) is 12.8 Å². The first-order valence-corrected chi connectivity index (χ1v) is 7.34. The first-order valence-electron chi connectivity index (χ1n) is 5.86. The van der Waals surface area contributed by atoms with E-state index >= 15 is 0 Å². The van der Waals surface area contributed by atoms with Crippen molar-refractivity contribution in [1.82, 2.24) is 4.98 Å². The van der Waals surface area contributed by atoms with E-state index in [1.807, 2.05) is 0 Å². The zero-order valence-corrected chi connectivity index (χ0v) is 11.6. The van der Waals surface area contributed by atoms with Crippen molar-refractivity contribution in [2.24, 2.45) is 5.73 Å². The number of pyridine rings is 1. The van der Waals surface area contributed by atoms with Gasteiger partial charge in [0.1, 0.15) is 5.82 Å². The number of anilines is 1. The maximum Gasteiger partial charge on any atom is 0.262 e. The molecular weight excluding hydrogens is 281 g/mol. The minimum absolute atomic E-state index is 0.0543. The summed E-state index contributed by atoms with van der Waals surface area (Å²) >= 11 is 0. The topological polar surface area (TPSA) is 85.1 Å². The number of rotatable bonds is 4. The van der Waals surface area contributed by atoms with Crippen LogP contribution in [0.15, 0.2) is 41.6 Å². The number of benzene rings is 1. The highest BCUT2D eigenvalue weighted by atomic mass is 32.2. The lowest BCUT2D eigenvalue weighted by Crippen LogP contribution is -2.16. The summed E-state index contributed by atoms with van der Waals surface area (Å²) in [7, 11) is -3.88. The Kier molecular flexibility index (Phi) is 4.01. The van der Waals surface area contributed by atoms with Crippen molar-refractivity contribution >= 4 is 15.7 Å². The maximum absolute atomic E-state index is 13.7. The lowest BCUT2D eigenvalue weighted by atomic mass is 10.1. The minimum atomic E-state index is -3.88. The molecule has 5 nitrogen and oxygen atoms in total. The van der Waals surface area contributed by atoms with Crippen LogP contribution >= 0.6 is 0 Å². The van der Waals surface area contributed by atoms with E-state index in [1.54, 1.807) is 12.1 Å². The number of hydrogen-bond acceptors (Lipinski definition) is 4. The molecule has 0 saturated heterocycles. The van der Waals surface area contributed by atoms with Crippen LogP contribution in [0.5, 0.6) is 0 Å². The van der Waals surface area contributed by atoms with E-state index in [2.05, 4.69) is 9.71 Å². The highest BCUT2D eigenvalue weighted by Crippen LogP contribution is 2.22. The molecule has 3 N–H and O–H groups in total. The monoisotopic (exact) mass is 295 g/mol. The van der Waals surface area contributed by atoms with Gasteiger partial charge in [-0.3, -0.25) is 9.71 Å². The van der Waals surface area contributed by atoms with Gasteiger partial charge in [0.05, 0.1) is 16.8 Å². The molecule has 0 aliphatic carbocycles. The van der Waals surface area contributed by atoms with Crippen LogP contribution in [0.2, 0.25) is 0 Å². The quantitative estimate of drug-likeness (QED) is 0.900. The van der Waals surface area contributed by atoms with Crippen LogP contribution < -0.4 is 10.5 Å². The maximum atomic E-state index is 13.7. The fraction of sp³-hybridized carbons (Fsp3) is 0.154. The second kappa shape index (κ2) is 5.56. The van der Waals surface area contributed by atoms with Crippen molar-refractivity contribution in [2.45, 2.75) is 18.4 Å². The van der Waals surface area contributed by atoms with Crippen molar-refractivity contribution in [3.05, 3.63) is 53.6 Å². The standard InChI is InChI=1S/C13H14FN3O2S/c1-9-12(14)5-10(7-15)6-13(9)20(18,19)17-11-3-2-4-16-8-11/h2-6,8,17H,7,15H2,1H3. The number of nitrogens with one attached hydrogen (secondary N) is 1. The van der Waals surface area contributed by atoms with E-state index in [0.29, 0.717) is 11.3 Å². The van der Waals surface area contributed by atoms with E-state index in [1.165, 1.54) is 31.5 Å². The summed E-state index contributed by atoms with van der Waals surface area (Å²) in [4.78, 5) is 3.69. The van der Waals surface area contributed by atoms with Gasteiger partial charge in [-0.05, 0) is 36.8 Å². The molecule has 0 fully saturated rings. The third-order valence-corrected chi connectivity index (χ3v) is 4.30. The van der Waals surface area contributed by atoms with Crippen LogP contribution in [0.3, 0.4) is 0 Å². The van der Waals surface area contributed by atoms with E-state index in [9.17, 15) is 12.8 Å². The van der Waals surface area contributed by atoms with Crippen molar-refractivity contribution in [1.29, 1.82) is 0 Å². The Hall–Kier alpha value is -1.99. The molecule has 2 rings (SSSR count). The molecular formula is C13H14FN3O2S. The number of aromatic nitrogens is 1. The Balaban J connectivity index is 2.47. The van der Waals surface area contributed by atoms with Gasteiger partial charge in [0, 0.05) is 18.3 Å². The van der Waals surface area contributed by atoms with Gasteiger partial charge in [-0.15, -0.1) is 0 Å². The van der Waals surface area contributed by atoms with E-state index < -0.39 is 15.8 Å². The molecule has 0 saturated carbocycles. The van der Waals surface area contributed by atoms with Crippen LogP contribution in [0.1, 0.15) is 11.1 Å². The fourth-order valence-electron chi connectivity index (χ4n) is 1.74. The summed E-state index contributed by atoms with van der Waals surface area (Å²) < 4.78 is 40.7. The second-order valence-electron chi connectivity index (χ2n) is 4.25. The summed E-state index contributed by atoms with van der Waals surface area (Å²) in [5.74, 6) is -0.598. The van der Waals surface area contributed by atoms with E-state index in [-0.39, 0.29) is 17.0 Å². The Morgan fingerprint density at radius 3 is 2.75 bits per heavy atom. The van der Waals surface area contributed by atoms with Gasteiger partial charge in [0.25, 0.3) is 10.0 Å². The predicted molar refractivity (Wildman–Crippen MR) is 74.1 cm³/mol. The van der Waals surface area contributed by atoms with Crippen molar-refractivity contribution in [3.63, 3.8) is 0 Å². The van der Waals surface area contributed by atoms with E-state index in [0.717, 1.165) is 0 Å². The summed E-state index contributed by atoms with van der Waals surface area (Å²) in [5, 5.41) is 0. The number of nitrogens with zero attached hydrogens (tertiary/aromatic N) is 1. The molecule has 0 amide bonds. The normalized spacial score (nSPS) is 11.3. The third kappa shape index (κ3) is 2.94. The number of nitrogens with two attached hydrogens (primary N) is 1. The van der Waals surface area contributed by atoms with Gasteiger partial charge < -0.3 is 5.73 Å². The Labute approximate surface area is 116 Å². The summed E-state index contributed by atoms with van der Waals surface area (Å²) in [6.07, 6.45) is 2.90. The van der Waals surface area contributed by atoms with E-state index in [4.69, 9.17) is 5.73 Å². The summed E-state index contributed by atoms with van der Waals surface area (Å²) in [6.45, 7) is 1.47. The van der Waals surface area contributed by atoms with Crippen LogP contribution in [0, 0.1) is 12.7 Å². The van der Waals surface area contributed by atoms with Gasteiger partial charge >= 0.3 is 0 Å². The second-order valence-corrected chi connectivity index (χ2v) is 5.90. The number of hydrogen-bond donors (Lipinski definition) is 2. The lowest BCUT2D eigenvalue weighted by molar-refractivity contribution is 0.589. The zero-order valence-electron chi connectivity index (χ0n) is 10.8. The highest BCUT2D eigenvalue weighted by Gasteiger charge is 2.20. The van der Waals surface area contributed by atoms with Gasteiger partial charge in [-0.1, -0.05) is 0 Å². The van der Waals surface area contributed by atoms with Gasteiger partial charge in [0.15, 0.2) is 0 Å². The SMILES string of the molecule is Cc1c(F)cc(CN)cc1S(=O)(=O)Nc1cccnc1.